The van der Waals surface area contributed by atoms with Crippen LogP contribution in [0.25, 0.3) is 0 Å². The van der Waals surface area contributed by atoms with Gasteiger partial charge in [-0.3, -0.25) is 0 Å². The first-order chi connectivity index (χ1) is 6.08. The maximum absolute atomic E-state index is 5.59. The molecule has 2 atom stereocenters. The first-order valence-corrected chi connectivity index (χ1v) is 7.05. The Morgan fingerprint density at radius 2 is 2.00 bits per heavy atom. The molecule has 0 aromatic heterocycles. The van der Waals surface area contributed by atoms with Gasteiger partial charge in [-0.2, -0.15) is 11.8 Å². The zero-order valence-corrected chi connectivity index (χ0v) is 11.1. The van der Waals surface area contributed by atoms with E-state index in [0.717, 1.165) is 12.2 Å². The maximum atomic E-state index is 5.59. The summed E-state index contributed by atoms with van der Waals surface area (Å²) in [6, 6.07) is 0. The van der Waals surface area contributed by atoms with Crippen LogP contribution in [0.15, 0.2) is 0 Å². The molecular weight excluding hydrogens is 200 g/mol. The van der Waals surface area contributed by atoms with Gasteiger partial charge >= 0.3 is 0 Å². The van der Waals surface area contributed by atoms with Crippen molar-refractivity contribution in [3.05, 3.63) is 0 Å². The lowest BCUT2D eigenvalue weighted by Gasteiger charge is -2.25. The lowest BCUT2D eigenvalue weighted by molar-refractivity contribution is 0.259. The molecule has 0 aliphatic rings. The van der Waals surface area contributed by atoms with Gasteiger partial charge in [0.1, 0.15) is 0 Å². The minimum absolute atomic E-state index is 0.373. The van der Waals surface area contributed by atoms with Crippen molar-refractivity contribution in [2.75, 3.05) is 12.0 Å². The lowest BCUT2D eigenvalue weighted by Crippen LogP contribution is -2.22. The summed E-state index contributed by atoms with van der Waals surface area (Å²) in [7, 11) is 0. The van der Waals surface area contributed by atoms with Crippen molar-refractivity contribution in [2.24, 2.45) is 0 Å². The highest BCUT2D eigenvalue weighted by molar-refractivity contribution is 8.02. The van der Waals surface area contributed by atoms with E-state index >= 15 is 0 Å². The molecule has 1 nitrogen and oxygen atoms in total. The fourth-order valence-electron chi connectivity index (χ4n) is 0.648. The van der Waals surface area contributed by atoms with Crippen molar-refractivity contribution in [1.82, 2.24) is 0 Å². The highest BCUT2D eigenvalue weighted by atomic mass is 32.2. The smallest absolute Gasteiger partial charge is 0.0691 e. The van der Waals surface area contributed by atoms with E-state index in [2.05, 4.69) is 34.0 Å². The molecule has 0 radical (unpaired) electrons. The molecule has 0 aliphatic carbocycles. The predicted molar refractivity (Wildman–Crippen MR) is 65.5 cm³/mol. The molecule has 0 rings (SSSR count). The second-order valence-electron chi connectivity index (χ2n) is 3.58. The van der Waals surface area contributed by atoms with Crippen molar-refractivity contribution >= 4 is 23.8 Å². The molecule has 0 fully saturated rings. The van der Waals surface area contributed by atoms with Gasteiger partial charge in [0.15, 0.2) is 0 Å². The summed E-state index contributed by atoms with van der Waals surface area (Å²) in [5.74, 6) is 1.08. The van der Waals surface area contributed by atoms with E-state index in [-0.39, 0.29) is 0 Å². The van der Waals surface area contributed by atoms with Gasteiger partial charge in [-0.15, -0.1) is 0 Å². The number of rotatable bonds is 7. The van der Waals surface area contributed by atoms with Crippen molar-refractivity contribution in [3.63, 3.8) is 0 Å². The third kappa shape index (κ3) is 5.87. The Hall–Kier alpha value is 0.660. The van der Waals surface area contributed by atoms with Crippen LogP contribution in [0.5, 0.6) is 0 Å². The first kappa shape index (κ1) is 13.7. The molecule has 0 N–H and O–H groups in total. The second kappa shape index (κ2) is 7.02. The Bertz CT molecular complexity index is 124. The van der Waals surface area contributed by atoms with E-state index in [1.54, 1.807) is 12.0 Å². The zero-order valence-electron chi connectivity index (χ0n) is 9.42. The van der Waals surface area contributed by atoms with E-state index in [4.69, 9.17) is 4.18 Å². The fourth-order valence-corrected chi connectivity index (χ4v) is 2.44. The molecule has 0 heterocycles. The normalized spacial score (nSPS) is 18.2. The van der Waals surface area contributed by atoms with Crippen LogP contribution in [0.3, 0.4) is 0 Å². The molecule has 0 saturated carbocycles. The van der Waals surface area contributed by atoms with Crippen LogP contribution in [0, 0.1) is 0 Å². The maximum Gasteiger partial charge on any atom is 0.0691 e. The predicted octanol–water partition coefficient (Wildman–Crippen LogP) is 3.98. The average Bonchev–Trinajstić information content (AvgIpc) is 2.17. The molecule has 0 bridgehead atoms. The van der Waals surface area contributed by atoms with Gasteiger partial charge in [0.2, 0.25) is 0 Å². The Kier molecular flexibility index (Phi) is 7.37. The van der Waals surface area contributed by atoms with Gasteiger partial charge in [-0.05, 0) is 45.0 Å². The largest absolute Gasteiger partial charge is 0.312 e. The third-order valence-electron chi connectivity index (χ3n) is 2.41. The summed E-state index contributed by atoms with van der Waals surface area (Å²) < 4.78 is 5.97. The molecule has 0 spiro atoms. The summed E-state index contributed by atoms with van der Waals surface area (Å²) in [4.78, 5) is 0. The zero-order chi connectivity index (χ0) is 10.3. The summed E-state index contributed by atoms with van der Waals surface area (Å²) in [5, 5.41) is 0. The molecule has 0 amide bonds. The SMILES string of the molecule is CCC(C)OSCC(C)(CC)SC. The summed E-state index contributed by atoms with van der Waals surface area (Å²) >= 11 is 3.55. The number of thioether (sulfide) groups is 1. The van der Waals surface area contributed by atoms with Gasteiger partial charge in [-0.25, -0.2) is 0 Å². The van der Waals surface area contributed by atoms with Gasteiger partial charge in [-0.1, -0.05) is 13.8 Å². The molecule has 0 saturated heterocycles. The van der Waals surface area contributed by atoms with Crippen molar-refractivity contribution in [3.8, 4) is 0 Å². The van der Waals surface area contributed by atoms with Gasteiger partial charge in [0, 0.05) is 10.5 Å². The molecule has 0 aromatic rings. The van der Waals surface area contributed by atoms with Crippen LogP contribution >= 0.6 is 23.8 Å². The van der Waals surface area contributed by atoms with Crippen LogP contribution in [-0.2, 0) is 4.18 Å². The van der Waals surface area contributed by atoms with Crippen LogP contribution in [0.1, 0.15) is 40.5 Å². The van der Waals surface area contributed by atoms with Crippen molar-refractivity contribution in [1.29, 1.82) is 0 Å². The molecule has 0 aliphatic heterocycles. The lowest BCUT2D eigenvalue weighted by atomic mass is 10.1. The fraction of sp³-hybridized carbons (Fsp3) is 1.00. The van der Waals surface area contributed by atoms with Crippen LogP contribution < -0.4 is 0 Å². The molecule has 0 aromatic carbocycles. The summed E-state index contributed by atoms with van der Waals surface area (Å²) in [6.07, 6.45) is 4.85. The molecule has 3 heteroatoms. The van der Waals surface area contributed by atoms with E-state index in [9.17, 15) is 0 Å². The number of hydrogen-bond acceptors (Lipinski definition) is 3. The van der Waals surface area contributed by atoms with Gasteiger partial charge in [0.25, 0.3) is 0 Å². The van der Waals surface area contributed by atoms with Crippen molar-refractivity contribution < 1.29 is 4.18 Å². The Morgan fingerprint density at radius 1 is 1.38 bits per heavy atom. The monoisotopic (exact) mass is 222 g/mol. The first-order valence-electron chi connectivity index (χ1n) is 4.91. The number of hydrogen-bond donors (Lipinski definition) is 0. The standard InChI is InChI=1S/C10H22OS2/c1-6-9(3)11-13-8-10(4,7-2)12-5/h9H,6-8H2,1-5H3. The molecule has 2 unspecified atom stereocenters. The Balaban J connectivity index is 3.61. The molecule has 13 heavy (non-hydrogen) atoms. The highest BCUT2D eigenvalue weighted by Crippen LogP contribution is 2.30. The van der Waals surface area contributed by atoms with E-state index in [1.165, 1.54) is 6.42 Å². The second-order valence-corrected chi connectivity index (χ2v) is 5.70. The third-order valence-corrected chi connectivity index (χ3v) is 5.23. The van der Waals surface area contributed by atoms with E-state index in [0.29, 0.717) is 10.9 Å². The van der Waals surface area contributed by atoms with Crippen LogP contribution in [-0.4, -0.2) is 22.9 Å². The van der Waals surface area contributed by atoms with Gasteiger partial charge < -0.3 is 4.18 Å². The molecule has 80 valence electrons. The van der Waals surface area contributed by atoms with E-state index < -0.39 is 0 Å². The minimum Gasteiger partial charge on any atom is -0.312 e. The van der Waals surface area contributed by atoms with Crippen LogP contribution in [0.2, 0.25) is 0 Å². The molecular formula is C10H22OS2. The quantitative estimate of drug-likeness (QED) is 0.603. The summed E-state index contributed by atoms with van der Waals surface area (Å²) in [5.41, 5.74) is 0. The summed E-state index contributed by atoms with van der Waals surface area (Å²) in [6.45, 7) is 8.80. The topological polar surface area (TPSA) is 9.23 Å². The Labute approximate surface area is 91.6 Å². The van der Waals surface area contributed by atoms with E-state index in [1.807, 2.05) is 11.8 Å². The highest BCUT2D eigenvalue weighted by Gasteiger charge is 2.21. The minimum atomic E-state index is 0.373. The van der Waals surface area contributed by atoms with Crippen LogP contribution in [0.4, 0.5) is 0 Å². The van der Waals surface area contributed by atoms with Crippen molar-refractivity contribution in [2.45, 2.75) is 51.4 Å². The Morgan fingerprint density at radius 3 is 2.38 bits per heavy atom. The van der Waals surface area contributed by atoms with Gasteiger partial charge in [0.05, 0.1) is 6.10 Å². The average molecular weight is 222 g/mol.